The van der Waals surface area contributed by atoms with Gasteiger partial charge in [0.1, 0.15) is 37.5 Å². The SMILES string of the molecule is CCCCC/C=C\C/C=C\C/C=C\C/C=C\CCCC(=O)O[C@H](COCCCCCCCCC/C=C\CCCCCCC=O)COP(=O)(O)OC[C@@H](O)COP(=O)(O)OC[C@@H](COC(=O)CCCCCCC/C=C\C/C=C\CCCCC)OCCCCCCCCC/C=C\CCCCCCC=O. The molecule has 0 fully saturated rings. The molecule has 5 atom stereocenters. The van der Waals surface area contributed by atoms with Crippen molar-refractivity contribution in [3.05, 3.63) is 97.2 Å². The molecule has 0 aliphatic heterocycles. The maximum atomic E-state index is 13.1. The fourth-order valence-electron chi connectivity index (χ4n) is 10.8. The summed E-state index contributed by atoms with van der Waals surface area (Å²) in [5.74, 6) is -0.914. The molecular formula is C83H146O17P2. The van der Waals surface area contributed by atoms with Gasteiger partial charge in [-0.25, -0.2) is 9.13 Å². The van der Waals surface area contributed by atoms with E-state index < -0.39 is 72.3 Å². The van der Waals surface area contributed by atoms with Crippen LogP contribution in [0.25, 0.3) is 0 Å². The van der Waals surface area contributed by atoms with Gasteiger partial charge in [0.05, 0.1) is 33.0 Å². The molecule has 102 heavy (non-hydrogen) atoms. The van der Waals surface area contributed by atoms with Gasteiger partial charge in [-0.2, -0.15) is 0 Å². The van der Waals surface area contributed by atoms with Crippen LogP contribution >= 0.6 is 15.6 Å². The van der Waals surface area contributed by atoms with Crippen molar-refractivity contribution >= 4 is 40.2 Å². The van der Waals surface area contributed by atoms with Gasteiger partial charge in [-0.1, -0.05) is 246 Å². The average molecular weight is 1480 g/mol. The molecule has 0 saturated heterocycles. The van der Waals surface area contributed by atoms with Crippen LogP contribution in [0.2, 0.25) is 0 Å². The van der Waals surface area contributed by atoms with Crippen molar-refractivity contribution in [1.82, 2.24) is 0 Å². The summed E-state index contributed by atoms with van der Waals surface area (Å²) in [5.41, 5.74) is 0. The molecular weight excluding hydrogens is 1330 g/mol. The minimum absolute atomic E-state index is 0.0862. The first-order valence-electron chi connectivity index (χ1n) is 40.4. The van der Waals surface area contributed by atoms with Crippen molar-refractivity contribution in [1.29, 1.82) is 0 Å². The van der Waals surface area contributed by atoms with E-state index in [1.807, 2.05) is 6.08 Å². The van der Waals surface area contributed by atoms with Crippen molar-refractivity contribution in [3.8, 4) is 0 Å². The molecule has 590 valence electrons. The fraction of sp³-hybridized carbons (Fsp3) is 0.759. The quantitative estimate of drug-likeness (QED) is 0.0169. The molecule has 0 aromatic carbocycles. The number of hydrogen-bond acceptors (Lipinski definition) is 15. The Balaban J connectivity index is 5.28. The molecule has 17 nitrogen and oxygen atoms in total. The van der Waals surface area contributed by atoms with Crippen molar-refractivity contribution < 1.29 is 80.2 Å². The van der Waals surface area contributed by atoms with Crippen LogP contribution < -0.4 is 0 Å². The van der Waals surface area contributed by atoms with Crippen molar-refractivity contribution in [2.45, 2.75) is 353 Å². The lowest BCUT2D eigenvalue weighted by Crippen LogP contribution is -2.29. The molecule has 2 unspecified atom stereocenters. The Labute approximate surface area is 620 Å². The zero-order valence-electron chi connectivity index (χ0n) is 64.1. The first-order valence-corrected chi connectivity index (χ1v) is 43.4. The minimum Gasteiger partial charge on any atom is -0.463 e. The number of carbonyl (C=O) groups is 4. The number of phosphoric acid groups is 2. The van der Waals surface area contributed by atoms with Gasteiger partial charge in [0.25, 0.3) is 0 Å². The summed E-state index contributed by atoms with van der Waals surface area (Å²) < 4.78 is 70.0. The molecule has 0 aromatic rings. The second-order valence-electron chi connectivity index (χ2n) is 26.9. The van der Waals surface area contributed by atoms with Gasteiger partial charge in [-0.15, -0.1) is 0 Å². The summed E-state index contributed by atoms with van der Waals surface area (Å²) in [4.78, 5) is 68.1. The maximum absolute atomic E-state index is 13.1. The second kappa shape index (κ2) is 78.4. The number of ether oxygens (including phenoxy) is 4. The normalized spacial score (nSPS) is 14.4. The Hall–Kier alpha value is -3.70. The zero-order chi connectivity index (χ0) is 74.3. The van der Waals surface area contributed by atoms with Gasteiger partial charge in [-0.05, 0) is 161 Å². The summed E-state index contributed by atoms with van der Waals surface area (Å²) in [5, 5.41) is 10.7. The van der Waals surface area contributed by atoms with Gasteiger partial charge < -0.3 is 43.4 Å². The third-order valence-corrected chi connectivity index (χ3v) is 18.9. The molecule has 0 heterocycles. The Morgan fingerprint density at radius 2 is 0.627 bits per heavy atom. The molecule has 0 amide bonds. The number of phosphoric ester groups is 2. The lowest BCUT2D eigenvalue weighted by Gasteiger charge is -2.21. The number of aldehydes is 2. The first-order chi connectivity index (χ1) is 49.9. The summed E-state index contributed by atoms with van der Waals surface area (Å²) >= 11 is 0. The predicted molar refractivity (Wildman–Crippen MR) is 418 cm³/mol. The van der Waals surface area contributed by atoms with E-state index in [9.17, 15) is 43.2 Å². The summed E-state index contributed by atoms with van der Waals surface area (Å²) in [6, 6.07) is 0. The largest absolute Gasteiger partial charge is 0.472 e. The van der Waals surface area contributed by atoms with Gasteiger partial charge in [-0.3, -0.25) is 27.7 Å². The highest BCUT2D eigenvalue weighted by Crippen LogP contribution is 2.45. The Morgan fingerprint density at radius 1 is 0.324 bits per heavy atom. The van der Waals surface area contributed by atoms with E-state index in [4.69, 9.17) is 37.0 Å². The van der Waals surface area contributed by atoms with Crippen LogP contribution in [-0.4, -0.2) is 111 Å². The van der Waals surface area contributed by atoms with Gasteiger partial charge in [0.2, 0.25) is 0 Å². The van der Waals surface area contributed by atoms with E-state index in [0.717, 1.165) is 212 Å². The lowest BCUT2D eigenvalue weighted by molar-refractivity contribution is -0.154. The molecule has 0 saturated carbocycles. The predicted octanol–water partition coefficient (Wildman–Crippen LogP) is 22.9. The van der Waals surface area contributed by atoms with Crippen LogP contribution in [0.5, 0.6) is 0 Å². The molecule has 0 spiro atoms. The Kier molecular flexibility index (Phi) is 75.5. The van der Waals surface area contributed by atoms with E-state index in [-0.39, 0.29) is 26.1 Å². The summed E-state index contributed by atoms with van der Waals surface area (Å²) in [7, 11) is -9.71. The van der Waals surface area contributed by atoms with Crippen LogP contribution in [0.1, 0.15) is 335 Å². The van der Waals surface area contributed by atoms with Crippen LogP contribution in [0.3, 0.4) is 0 Å². The van der Waals surface area contributed by atoms with Crippen molar-refractivity contribution in [2.75, 3.05) is 52.9 Å². The number of carbonyl (C=O) groups excluding carboxylic acids is 4. The van der Waals surface area contributed by atoms with E-state index in [0.29, 0.717) is 45.3 Å². The zero-order valence-corrected chi connectivity index (χ0v) is 65.9. The summed E-state index contributed by atoms with van der Waals surface area (Å²) in [6.07, 6.45) is 83.6. The minimum atomic E-state index is -4.87. The van der Waals surface area contributed by atoms with Crippen molar-refractivity contribution in [3.63, 3.8) is 0 Å². The van der Waals surface area contributed by atoms with Gasteiger partial charge in [0, 0.05) is 38.9 Å². The van der Waals surface area contributed by atoms with Crippen LogP contribution in [0, 0.1) is 0 Å². The van der Waals surface area contributed by atoms with E-state index in [1.165, 1.54) is 77.0 Å². The van der Waals surface area contributed by atoms with Crippen LogP contribution in [-0.2, 0) is 65.4 Å². The monoisotopic (exact) mass is 1480 g/mol. The highest BCUT2D eigenvalue weighted by Gasteiger charge is 2.29. The Morgan fingerprint density at radius 3 is 1.03 bits per heavy atom. The smallest absolute Gasteiger partial charge is 0.463 e. The van der Waals surface area contributed by atoms with Gasteiger partial charge in [0.15, 0.2) is 0 Å². The molecule has 0 aliphatic carbocycles. The highest BCUT2D eigenvalue weighted by molar-refractivity contribution is 7.47. The Bertz CT molecular complexity index is 2240. The number of aliphatic hydroxyl groups excluding tert-OH is 1. The molecule has 0 rings (SSSR count). The number of rotatable bonds is 80. The van der Waals surface area contributed by atoms with Crippen LogP contribution in [0.4, 0.5) is 0 Å². The topological polar surface area (TPSA) is 237 Å². The lowest BCUT2D eigenvalue weighted by atomic mass is 10.1. The molecule has 19 heteroatoms. The summed E-state index contributed by atoms with van der Waals surface area (Å²) in [6.45, 7) is 2.21. The van der Waals surface area contributed by atoms with E-state index in [1.54, 1.807) is 0 Å². The number of hydrogen-bond donors (Lipinski definition) is 3. The van der Waals surface area contributed by atoms with Gasteiger partial charge >= 0.3 is 27.6 Å². The number of aliphatic hydroxyl groups is 1. The van der Waals surface area contributed by atoms with Crippen molar-refractivity contribution in [2.24, 2.45) is 0 Å². The number of unbranched alkanes of at least 4 members (excludes halogenated alkanes) is 36. The molecule has 0 bridgehead atoms. The van der Waals surface area contributed by atoms with E-state index >= 15 is 0 Å². The highest BCUT2D eigenvalue weighted by atomic mass is 31.2. The first kappa shape index (κ1) is 98.3. The number of esters is 2. The fourth-order valence-corrected chi connectivity index (χ4v) is 12.4. The molecule has 0 aliphatic rings. The molecule has 3 N–H and O–H groups in total. The third kappa shape index (κ3) is 77.4. The standard InChI is InChI=1S/C83H146O17P2/c1-3-5-7-9-11-13-15-17-19-20-26-32-38-44-50-56-62-68-83(88)100-81(75-93-71-65-59-53-47-41-35-29-23-21-27-33-39-45-51-57-63-69-84)78-99-102(91,92)97-74-79(86)73-96-101(89,90)98-77-80(94-72-66-60-54-48-42-36-30-24-22-28-34-40-46-52-58-64-70-85)76-95-82(87)67-61-55-49-43-37-31-25-18-16-14-12-10-8-6-4-2/h11-14,17-19,21-22,25-28,32,44,50,69-70,79-81,86H,3-10,15-16,20,23-24,29-31,33-43,45-49,51-68,71-78H2,1-2H3,(H,89,90)(H,91,92)/b13-11-,14-12-,19-17-,25-18-,27-21-,28-22-,32-26-,50-44-/t79-,80+,81+/m0/s1. The van der Waals surface area contributed by atoms with E-state index in [2.05, 4.69) is 105 Å². The number of allylic oxidation sites excluding steroid dienone is 16. The average Bonchev–Trinajstić information content (AvgIpc) is 0.947. The van der Waals surface area contributed by atoms with Crippen LogP contribution in [0.15, 0.2) is 97.2 Å². The second-order valence-corrected chi connectivity index (χ2v) is 29.8. The molecule has 0 radical (unpaired) electrons. The molecule has 0 aromatic heterocycles. The maximum Gasteiger partial charge on any atom is 0.472 e. The third-order valence-electron chi connectivity index (χ3n) is 17.0.